The van der Waals surface area contributed by atoms with E-state index in [4.69, 9.17) is 21.1 Å². The first kappa shape index (κ1) is 15.9. The molecule has 0 aliphatic carbocycles. The number of rotatable bonds is 5. The summed E-state index contributed by atoms with van der Waals surface area (Å²) < 4.78 is 13.4. The Morgan fingerprint density at radius 1 is 1.47 bits per heavy atom. The first-order chi connectivity index (χ1) is 9.22. The van der Waals surface area contributed by atoms with Gasteiger partial charge in [0.2, 0.25) is 0 Å². The molecule has 0 N–H and O–H groups in total. The average Bonchev–Trinajstić information content (AvgIpc) is 2.43. The van der Waals surface area contributed by atoms with E-state index >= 15 is 0 Å². The minimum atomic E-state index is 0.175. The number of hydrogen-bond acceptors (Lipinski definition) is 4. The molecule has 6 heteroatoms. The molecule has 1 saturated heterocycles. The SMILES string of the molecule is COC[C@H]1CN(SI)[C@@H](Cc2ccc(Cl)cc2)CO1. The van der Waals surface area contributed by atoms with Crippen molar-refractivity contribution in [3.05, 3.63) is 34.9 Å². The quantitative estimate of drug-likeness (QED) is 0.543. The molecule has 3 nitrogen and oxygen atoms in total. The summed E-state index contributed by atoms with van der Waals surface area (Å²) in [6.07, 6.45) is 1.15. The van der Waals surface area contributed by atoms with E-state index < -0.39 is 0 Å². The van der Waals surface area contributed by atoms with Gasteiger partial charge in [0, 0.05) is 45.9 Å². The average molecular weight is 414 g/mol. The number of halogens is 2. The van der Waals surface area contributed by atoms with Crippen molar-refractivity contribution in [3.63, 3.8) is 0 Å². The third-order valence-electron chi connectivity index (χ3n) is 3.14. The van der Waals surface area contributed by atoms with Crippen LogP contribution in [0.4, 0.5) is 0 Å². The standard InChI is InChI=1S/C13H17ClINO2S/c1-17-9-13-7-16(19-15)12(8-18-13)6-10-2-4-11(14)5-3-10/h2-5,12-13H,6-9H2,1H3/t12-,13+/m0/s1. The summed E-state index contributed by atoms with van der Waals surface area (Å²) in [6, 6.07) is 8.45. The Labute approximate surface area is 135 Å². The van der Waals surface area contributed by atoms with Crippen LogP contribution in [0.5, 0.6) is 0 Å². The van der Waals surface area contributed by atoms with Crippen LogP contribution >= 0.6 is 41.9 Å². The summed E-state index contributed by atoms with van der Waals surface area (Å²) >= 11 is 8.24. The molecule has 0 radical (unpaired) electrons. The monoisotopic (exact) mass is 413 g/mol. The fourth-order valence-corrected chi connectivity index (χ4v) is 4.20. The molecule has 0 saturated carbocycles. The van der Waals surface area contributed by atoms with Crippen molar-refractivity contribution in [1.82, 2.24) is 4.31 Å². The van der Waals surface area contributed by atoms with Crippen LogP contribution in [0, 0.1) is 0 Å². The van der Waals surface area contributed by atoms with E-state index in [2.05, 4.69) is 37.6 Å². The largest absolute Gasteiger partial charge is 0.382 e. The Bertz CT molecular complexity index is 393. The molecule has 0 amide bonds. The predicted octanol–water partition coefficient (Wildman–Crippen LogP) is 3.60. The van der Waals surface area contributed by atoms with Gasteiger partial charge >= 0.3 is 0 Å². The molecule has 1 aliphatic rings. The van der Waals surface area contributed by atoms with E-state index in [0.29, 0.717) is 12.6 Å². The van der Waals surface area contributed by atoms with E-state index in [9.17, 15) is 0 Å². The summed E-state index contributed by atoms with van der Waals surface area (Å²) in [5, 5.41) is 0.781. The molecule has 0 spiro atoms. The molecule has 1 aliphatic heterocycles. The summed E-state index contributed by atoms with van der Waals surface area (Å²) in [4.78, 5) is 0. The van der Waals surface area contributed by atoms with Crippen molar-refractivity contribution in [2.45, 2.75) is 18.6 Å². The number of ether oxygens (including phenoxy) is 2. The Morgan fingerprint density at radius 2 is 2.21 bits per heavy atom. The minimum absolute atomic E-state index is 0.175. The van der Waals surface area contributed by atoms with E-state index in [1.54, 1.807) is 16.2 Å². The second kappa shape index (κ2) is 8.05. The van der Waals surface area contributed by atoms with Gasteiger partial charge < -0.3 is 9.47 Å². The van der Waals surface area contributed by atoms with Crippen molar-refractivity contribution in [2.24, 2.45) is 0 Å². The van der Waals surface area contributed by atoms with Crippen molar-refractivity contribution in [2.75, 3.05) is 26.9 Å². The van der Waals surface area contributed by atoms with Crippen LogP contribution in [0.15, 0.2) is 24.3 Å². The molecule has 1 fully saturated rings. The summed E-state index contributed by atoms with van der Waals surface area (Å²) in [5.74, 6) is 0. The van der Waals surface area contributed by atoms with Crippen molar-refractivity contribution >= 4 is 41.9 Å². The van der Waals surface area contributed by atoms with Gasteiger partial charge in [-0.25, -0.2) is 4.31 Å². The molecule has 19 heavy (non-hydrogen) atoms. The maximum Gasteiger partial charge on any atom is 0.0945 e. The van der Waals surface area contributed by atoms with Gasteiger partial charge in [-0.3, -0.25) is 0 Å². The molecule has 0 unspecified atom stereocenters. The van der Waals surface area contributed by atoms with E-state index in [0.717, 1.165) is 24.6 Å². The van der Waals surface area contributed by atoms with E-state index in [-0.39, 0.29) is 6.10 Å². The van der Waals surface area contributed by atoms with Crippen LogP contribution < -0.4 is 0 Å². The molecule has 1 heterocycles. The molecule has 1 aromatic carbocycles. The van der Waals surface area contributed by atoms with Crippen LogP contribution in [-0.2, 0) is 15.9 Å². The summed E-state index contributed by atoms with van der Waals surface area (Å²) in [5.41, 5.74) is 1.29. The Balaban J connectivity index is 1.94. The van der Waals surface area contributed by atoms with Crippen molar-refractivity contribution in [1.29, 1.82) is 0 Å². The fourth-order valence-electron chi connectivity index (χ4n) is 2.16. The number of morpholine rings is 1. The number of nitrogens with zero attached hydrogens (tertiary/aromatic N) is 1. The fraction of sp³-hybridized carbons (Fsp3) is 0.538. The van der Waals surface area contributed by atoms with Gasteiger partial charge in [0.15, 0.2) is 0 Å². The molecule has 2 rings (SSSR count). The van der Waals surface area contributed by atoms with Crippen LogP contribution in [0.2, 0.25) is 5.02 Å². The van der Waals surface area contributed by atoms with E-state index in [1.807, 2.05) is 12.1 Å². The van der Waals surface area contributed by atoms with Gasteiger partial charge in [-0.2, -0.15) is 0 Å². The highest BCUT2D eigenvalue weighted by atomic mass is 127. The Morgan fingerprint density at radius 3 is 2.84 bits per heavy atom. The normalized spacial score (nSPS) is 24.6. The molecular formula is C13H17ClINO2S. The lowest BCUT2D eigenvalue weighted by atomic mass is 10.1. The first-order valence-corrected chi connectivity index (χ1v) is 9.82. The lowest BCUT2D eigenvalue weighted by Crippen LogP contribution is -2.48. The summed E-state index contributed by atoms with van der Waals surface area (Å²) in [7, 11) is 3.46. The maximum atomic E-state index is 5.91. The van der Waals surface area contributed by atoms with Crippen molar-refractivity contribution < 1.29 is 9.47 Å². The third-order valence-corrected chi connectivity index (χ3v) is 5.54. The van der Waals surface area contributed by atoms with E-state index in [1.165, 1.54) is 5.56 Å². The molecule has 2 atom stereocenters. The first-order valence-electron chi connectivity index (χ1n) is 6.13. The molecular weight excluding hydrogens is 397 g/mol. The lowest BCUT2D eigenvalue weighted by molar-refractivity contribution is -0.0603. The Hall–Kier alpha value is 0.470. The topological polar surface area (TPSA) is 21.7 Å². The Kier molecular flexibility index (Phi) is 6.71. The molecule has 0 bridgehead atoms. The van der Waals surface area contributed by atoms with Crippen LogP contribution in [0.1, 0.15) is 5.56 Å². The smallest absolute Gasteiger partial charge is 0.0945 e. The molecule has 0 aromatic heterocycles. The van der Waals surface area contributed by atoms with Gasteiger partial charge in [-0.1, -0.05) is 23.7 Å². The second-order valence-electron chi connectivity index (χ2n) is 4.56. The predicted molar refractivity (Wildman–Crippen MR) is 88.9 cm³/mol. The lowest BCUT2D eigenvalue weighted by Gasteiger charge is -2.37. The zero-order valence-electron chi connectivity index (χ0n) is 10.7. The highest BCUT2D eigenvalue weighted by Gasteiger charge is 2.29. The number of hydrogen-bond donors (Lipinski definition) is 0. The van der Waals surface area contributed by atoms with Crippen LogP contribution in [0.3, 0.4) is 0 Å². The van der Waals surface area contributed by atoms with Gasteiger partial charge in [0.25, 0.3) is 0 Å². The molecule has 1 aromatic rings. The zero-order chi connectivity index (χ0) is 13.7. The van der Waals surface area contributed by atoms with Crippen molar-refractivity contribution in [3.8, 4) is 0 Å². The number of benzene rings is 1. The minimum Gasteiger partial charge on any atom is -0.382 e. The second-order valence-corrected chi connectivity index (χ2v) is 6.79. The van der Waals surface area contributed by atoms with Crippen LogP contribution in [-0.4, -0.2) is 43.3 Å². The van der Waals surface area contributed by atoms with Crippen LogP contribution in [0.25, 0.3) is 0 Å². The maximum absolute atomic E-state index is 5.91. The summed E-state index contributed by atoms with van der Waals surface area (Å²) in [6.45, 7) is 2.30. The third kappa shape index (κ3) is 4.75. The van der Waals surface area contributed by atoms with Gasteiger partial charge in [0.1, 0.15) is 0 Å². The van der Waals surface area contributed by atoms with Gasteiger partial charge in [-0.15, -0.1) is 0 Å². The zero-order valence-corrected chi connectivity index (χ0v) is 14.5. The highest BCUT2D eigenvalue weighted by Crippen LogP contribution is 2.28. The highest BCUT2D eigenvalue weighted by molar-refractivity contribution is 14.2. The number of methoxy groups -OCH3 is 1. The molecule has 106 valence electrons. The van der Waals surface area contributed by atoms with Gasteiger partial charge in [0.05, 0.1) is 19.3 Å². The van der Waals surface area contributed by atoms with Gasteiger partial charge in [-0.05, 0) is 33.2 Å².